The number of nitrogens with one attached hydrogen (secondary N) is 2. The maximum Gasteiger partial charge on any atom is 0.271 e. The fraction of sp³-hybridized carbons (Fsp3) is 0.154. The summed E-state index contributed by atoms with van der Waals surface area (Å²) in [5, 5.41) is 27.6. The van der Waals surface area contributed by atoms with Gasteiger partial charge in [-0.2, -0.15) is 10.2 Å². The first-order valence-corrected chi connectivity index (χ1v) is 10.8. The van der Waals surface area contributed by atoms with Crippen LogP contribution in [0.2, 0.25) is 0 Å². The number of phenolic OH excluding ortho intramolecular Hbond substituents is 2. The first-order valence-electron chi connectivity index (χ1n) is 10.8. The Balaban J connectivity index is 1.62. The minimum Gasteiger partial charge on any atom is -0.504 e. The predicted octanol–water partition coefficient (Wildman–Crippen LogP) is 3.42. The molecule has 0 fully saturated rings. The summed E-state index contributed by atoms with van der Waals surface area (Å²) >= 11 is 0. The van der Waals surface area contributed by atoms with E-state index in [1.54, 1.807) is 38.1 Å². The van der Waals surface area contributed by atoms with E-state index in [-0.39, 0.29) is 11.5 Å². The van der Waals surface area contributed by atoms with Crippen molar-refractivity contribution in [1.82, 2.24) is 10.9 Å². The summed E-state index contributed by atoms with van der Waals surface area (Å²) in [6, 6.07) is 15.5. The lowest BCUT2D eigenvalue weighted by molar-refractivity contribution is 0.0943. The van der Waals surface area contributed by atoms with Gasteiger partial charge in [-0.05, 0) is 74.5 Å². The average molecular weight is 491 g/mol. The van der Waals surface area contributed by atoms with Crippen molar-refractivity contribution in [2.75, 3.05) is 14.2 Å². The van der Waals surface area contributed by atoms with Gasteiger partial charge in [0.2, 0.25) is 0 Å². The van der Waals surface area contributed by atoms with Crippen LogP contribution in [0.15, 0.2) is 70.9 Å². The highest BCUT2D eigenvalue weighted by molar-refractivity contribution is 6.03. The zero-order valence-electron chi connectivity index (χ0n) is 20.2. The van der Waals surface area contributed by atoms with Crippen molar-refractivity contribution in [3.63, 3.8) is 0 Å². The van der Waals surface area contributed by atoms with Gasteiger partial charge in [0.05, 0.1) is 25.6 Å². The molecule has 3 aromatic carbocycles. The summed E-state index contributed by atoms with van der Waals surface area (Å²) in [4.78, 5) is 24.9. The van der Waals surface area contributed by atoms with Crippen molar-refractivity contribution in [3.8, 4) is 23.0 Å². The van der Waals surface area contributed by atoms with Crippen LogP contribution in [0.4, 0.5) is 0 Å². The molecule has 3 rings (SSSR count). The molecular weight excluding hydrogens is 464 g/mol. The fourth-order valence-electron chi connectivity index (χ4n) is 3.11. The second kappa shape index (κ2) is 11.5. The second-order valence-corrected chi connectivity index (χ2v) is 7.63. The molecule has 36 heavy (non-hydrogen) atoms. The van der Waals surface area contributed by atoms with Crippen molar-refractivity contribution >= 4 is 23.2 Å². The number of hydrazone groups is 2. The summed E-state index contributed by atoms with van der Waals surface area (Å²) in [5.74, 6) is -0.314. The molecule has 0 spiro atoms. The molecule has 0 atom stereocenters. The molecule has 0 aliphatic rings. The topological polar surface area (TPSA) is 142 Å². The molecule has 0 aromatic heterocycles. The molecule has 186 valence electrons. The SMILES string of the molecule is COc1cc(C(C)=NNC(=O)c2ccc(C(=O)NN=C(C)c3ccc(O)c(OC)c3)cc2)ccc1O. The normalized spacial score (nSPS) is 11.6. The van der Waals surface area contributed by atoms with Gasteiger partial charge >= 0.3 is 0 Å². The van der Waals surface area contributed by atoms with Crippen LogP contribution in [-0.2, 0) is 0 Å². The first kappa shape index (κ1) is 25.8. The molecule has 0 saturated carbocycles. The minimum atomic E-state index is -0.456. The number of ether oxygens (including phenoxy) is 2. The smallest absolute Gasteiger partial charge is 0.271 e. The number of hydrogen-bond donors (Lipinski definition) is 4. The zero-order chi connectivity index (χ0) is 26.2. The number of methoxy groups -OCH3 is 2. The highest BCUT2D eigenvalue weighted by Gasteiger charge is 2.11. The Kier molecular flexibility index (Phi) is 8.24. The maximum atomic E-state index is 12.5. The standard InChI is InChI=1S/C26H26N4O6/c1-15(19-9-11-21(31)23(13-19)35-3)27-29-25(33)17-5-7-18(8-6-17)26(34)30-28-16(2)20-10-12-22(32)24(14-20)36-4/h5-14,31-32H,1-4H3,(H,29,33)(H,30,34). The number of phenols is 2. The van der Waals surface area contributed by atoms with E-state index in [9.17, 15) is 19.8 Å². The van der Waals surface area contributed by atoms with Crippen molar-refractivity contribution in [3.05, 3.63) is 82.9 Å². The van der Waals surface area contributed by atoms with E-state index in [0.717, 1.165) is 0 Å². The van der Waals surface area contributed by atoms with Crippen molar-refractivity contribution < 1.29 is 29.3 Å². The van der Waals surface area contributed by atoms with Crippen molar-refractivity contribution in [2.45, 2.75) is 13.8 Å². The van der Waals surface area contributed by atoms with Gasteiger partial charge in [-0.15, -0.1) is 0 Å². The molecule has 3 aromatic rings. The third-order valence-electron chi connectivity index (χ3n) is 5.25. The molecule has 0 aliphatic carbocycles. The van der Waals surface area contributed by atoms with E-state index in [0.29, 0.717) is 45.2 Å². The van der Waals surface area contributed by atoms with E-state index in [1.807, 2.05) is 0 Å². The molecule has 10 heteroatoms. The Morgan fingerprint density at radius 2 is 0.972 bits per heavy atom. The van der Waals surface area contributed by atoms with Gasteiger partial charge in [0.25, 0.3) is 11.8 Å². The largest absolute Gasteiger partial charge is 0.504 e. The summed E-state index contributed by atoms with van der Waals surface area (Å²) in [6.45, 7) is 3.41. The van der Waals surface area contributed by atoms with Crippen LogP contribution in [0, 0.1) is 0 Å². The zero-order valence-corrected chi connectivity index (χ0v) is 20.2. The lowest BCUT2D eigenvalue weighted by Gasteiger charge is -2.08. The van der Waals surface area contributed by atoms with Crippen LogP contribution in [0.3, 0.4) is 0 Å². The Bertz CT molecular complexity index is 1230. The predicted molar refractivity (Wildman–Crippen MR) is 135 cm³/mol. The second-order valence-electron chi connectivity index (χ2n) is 7.63. The number of amides is 2. The monoisotopic (exact) mass is 490 g/mol. The molecule has 0 unspecified atom stereocenters. The molecular formula is C26H26N4O6. The number of nitrogens with zero attached hydrogens (tertiary/aromatic N) is 2. The third kappa shape index (κ3) is 6.17. The van der Waals surface area contributed by atoms with Crippen LogP contribution in [0.1, 0.15) is 45.7 Å². The number of benzene rings is 3. The molecule has 2 amide bonds. The van der Waals surface area contributed by atoms with Crippen LogP contribution in [0.25, 0.3) is 0 Å². The molecule has 0 heterocycles. The third-order valence-corrected chi connectivity index (χ3v) is 5.25. The van der Waals surface area contributed by atoms with Gasteiger partial charge in [-0.3, -0.25) is 9.59 Å². The number of rotatable bonds is 8. The summed E-state index contributed by atoms with van der Waals surface area (Å²) in [6.07, 6.45) is 0. The van der Waals surface area contributed by atoms with Gasteiger partial charge in [0, 0.05) is 22.3 Å². The quantitative estimate of drug-likeness (QED) is 0.282. The first-order chi connectivity index (χ1) is 17.2. The fourth-order valence-corrected chi connectivity index (χ4v) is 3.11. The molecule has 4 N–H and O–H groups in total. The molecule has 0 radical (unpaired) electrons. The highest BCUT2D eigenvalue weighted by Crippen LogP contribution is 2.27. The van der Waals surface area contributed by atoms with Gasteiger partial charge in [0.15, 0.2) is 23.0 Å². The van der Waals surface area contributed by atoms with Crippen LogP contribution >= 0.6 is 0 Å². The van der Waals surface area contributed by atoms with E-state index in [1.165, 1.54) is 50.6 Å². The number of carbonyl (C=O) groups is 2. The Hall–Kier alpha value is -4.86. The average Bonchev–Trinajstić information content (AvgIpc) is 2.90. The summed E-state index contributed by atoms with van der Waals surface area (Å²) < 4.78 is 10.2. The van der Waals surface area contributed by atoms with Gasteiger partial charge < -0.3 is 19.7 Å². The number of hydrogen-bond acceptors (Lipinski definition) is 8. The summed E-state index contributed by atoms with van der Waals surface area (Å²) in [5.41, 5.74) is 7.90. The molecule has 0 aliphatic heterocycles. The Morgan fingerprint density at radius 1 is 0.639 bits per heavy atom. The molecule has 0 bridgehead atoms. The number of carbonyl (C=O) groups excluding carboxylic acids is 2. The van der Waals surface area contributed by atoms with E-state index < -0.39 is 11.8 Å². The minimum absolute atomic E-state index is 0.00338. The maximum absolute atomic E-state index is 12.5. The summed E-state index contributed by atoms with van der Waals surface area (Å²) in [7, 11) is 2.88. The molecule has 10 nitrogen and oxygen atoms in total. The van der Waals surface area contributed by atoms with Gasteiger partial charge in [0.1, 0.15) is 0 Å². The van der Waals surface area contributed by atoms with Crippen molar-refractivity contribution in [2.24, 2.45) is 10.2 Å². The lowest BCUT2D eigenvalue weighted by atomic mass is 10.1. The van der Waals surface area contributed by atoms with Crippen LogP contribution in [0.5, 0.6) is 23.0 Å². The van der Waals surface area contributed by atoms with Gasteiger partial charge in [-0.1, -0.05) is 0 Å². The molecule has 0 saturated heterocycles. The van der Waals surface area contributed by atoms with Crippen molar-refractivity contribution in [1.29, 1.82) is 0 Å². The van der Waals surface area contributed by atoms with Crippen LogP contribution in [-0.4, -0.2) is 47.7 Å². The van der Waals surface area contributed by atoms with E-state index in [2.05, 4.69) is 21.1 Å². The number of aromatic hydroxyl groups is 2. The van der Waals surface area contributed by atoms with Gasteiger partial charge in [-0.25, -0.2) is 10.9 Å². The van der Waals surface area contributed by atoms with Crippen LogP contribution < -0.4 is 20.3 Å². The Morgan fingerprint density at radius 3 is 1.31 bits per heavy atom. The van der Waals surface area contributed by atoms with E-state index >= 15 is 0 Å². The lowest BCUT2D eigenvalue weighted by Crippen LogP contribution is -2.21. The van der Waals surface area contributed by atoms with E-state index in [4.69, 9.17) is 9.47 Å². The highest BCUT2D eigenvalue weighted by atomic mass is 16.5. The Labute approximate surface area is 207 Å².